The lowest BCUT2D eigenvalue weighted by molar-refractivity contribution is -0.143. The highest BCUT2D eigenvalue weighted by Gasteiger charge is 2.46. The molecule has 2 aliphatic rings. The number of imide groups is 1. The van der Waals surface area contributed by atoms with Crippen molar-refractivity contribution in [1.82, 2.24) is 10.2 Å². The Hall–Kier alpha value is -0.900. The second-order valence-corrected chi connectivity index (χ2v) is 5.46. The minimum absolute atomic E-state index is 0.0305. The number of hydrogen-bond acceptors (Lipinski definition) is 3. The molecule has 4 nitrogen and oxygen atoms in total. The van der Waals surface area contributed by atoms with Crippen molar-refractivity contribution >= 4 is 11.8 Å². The van der Waals surface area contributed by atoms with E-state index >= 15 is 0 Å². The normalized spacial score (nSPS) is 35.8. The second kappa shape index (κ2) is 4.77. The van der Waals surface area contributed by atoms with E-state index in [1.165, 1.54) is 0 Å². The molecule has 0 radical (unpaired) electrons. The molecule has 1 spiro atoms. The lowest BCUT2D eigenvalue weighted by Gasteiger charge is -2.40. The molecule has 2 saturated heterocycles. The minimum atomic E-state index is -0.0851. The molecule has 0 aromatic heterocycles. The number of carbonyl (C=O) groups is 2. The molecule has 17 heavy (non-hydrogen) atoms. The lowest BCUT2D eigenvalue weighted by atomic mass is 9.66. The maximum absolute atomic E-state index is 11.8. The van der Waals surface area contributed by atoms with Gasteiger partial charge in [0.2, 0.25) is 11.8 Å². The number of nitrogens with zero attached hydrogens (tertiary/aromatic N) is 1. The van der Waals surface area contributed by atoms with E-state index in [2.05, 4.69) is 17.1 Å². The van der Waals surface area contributed by atoms with Crippen molar-refractivity contribution in [3.05, 3.63) is 0 Å². The second-order valence-electron chi connectivity index (χ2n) is 5.46. The summed E-state index contributed by atoms with van der Waals surface area (Å²) in [6, 6.07) is 0. The van der Waals surface area contributed by atoms with Crippen LogP contribution in [0.1, 0.15) is 39.5 Å². The number of amides is 2. The Labute approximate surface area is 103 Å². The van der Waals surface area contributed by atoms with Crippen LogP contribution in [0.2, 0.25) is 0 Å². The van der Waals surface area contributed by atoms with E-state index in [0.717, 1.165) is 38.9 Å². The van der Waals surface area contributed by atoms with Crippen LogP contribution in [0.3, 0.4) is 0 Å². The summed E-state index contributed by atoms with van der Waals surface area (Å²) >= 11 is 0. The summed E-state index contributed by atoms with van der Waals surface area (Å²) < 4.78 is 0. The molecule has 0 saturated carbocycles. The smallest absolute Gasteiger partial charge is 0.229 e. The van der Waals surface area contributed by atoms with Gasteiger partial charge in [0.25, 0.3) is 0 Å². The fourth-order valence-corrected chi connectivity index (χ4v) is 3.24. The van der Waals surface area contributed by atoms with Crippen molar-refractivity contribution in [3.63, 3.8) is 0 Å². The van der Waals surface area contributed by atoms with Gasteiger partial charge in [-0.15, -0.1) is 0 Å². The Kier molecular flexibility index (Phi) is 3.52. The SMILES string of the molecule is CCN1CCCC2(CC1)CC(=O)NC(=O)C2C. The van der Waals surface area contributed by atoms with Gasteiger partial charge in [-0.3, -0.25) is 14.9 Å². The van der Waals surface area contributed by atoms with E-state index in [-0.39, 0.29) is 23.1 Å². The van der Waals surface area contributed by atoms with Gasteiger partial charge in [0.05, 0.1) is 0 Å². The zero-order valence-corrected chi connectivity index (χ0v) is 10.8. The van der Waals surface area contributed by atoms with Crippen LogP contribution in [-0.4, -0.2) is 36.3 Å². The lowest BCUT2D eigenvalue weighted by Crippen LogP contribution is -2.51. The van der Waals surface area contributed by atoms with Gasteiger partial charge in [-0.05, 0) is 44.3 Å². The summed E-state index contributed by atoms with van der Waals surface area (Å²) in [5, 5.41) is 2.45. The molecular formula is C13H22N2O2. The third-order valence-electron chi connectivity index (χ3n) is 4.61. The quantitative estimate of drug-likeness (QED) is 0.697. The standard InChI is InChI=1S/C13H22N2O2/c1-3-15-7-4-5-13(6-8-15)9-11(16)14-12(17)10(13)2/h10H,3-9H2,1-2H3,(H,14,16,17). The van der Waals surface area contributed by atoms with Crippen molar-refractivity contribution in [2.75, 3.05) is 19.6 Å². The van der Waals surface area contributed by atoms with Crippen LogP contribution in [0.5, 0.6) is 0 Å². The Bertz CT molecular complexity index is 329. The van der Waals surface area contributed by atoms with Crippen LogP contribution in [-0.2, 0) is 9.59 Å². The largest absolute Gasteiger partial charge is 0.304 e. The molecule has 2 rings (SSSR count). The molecule has 2 amide bonds. The van der Waals surface area contributed by atoms with Gasteiger partial charge in [0.1, 0.15) is 0 Å². The molecule has 2 fully saturated rings. The van der Waals surface area contributed by atoms with Gasteiger partial charge in [-0.25, -0.2) is 0 Å². The van der Waals surface area contributed by atoms with Crippen LogP contribution in [0.25, 0.3) is 0 Å². The first-order valence-electron chi connectivity index (χ1n) is 6.63. The maximum Gasteiger partial charge on any atom is 0.229 e. The third-order valence-corrected chi connectivity index (χ3v) is 4.61. The zero-order valence-electron chi connectivity index (χ0n) is 10.8. The third kappa shape index (κ3) is 2.37. The first-order valence-corrected chi connectivity index (χ1v) is 6.63. The van der Waals surface area contributed by atoms with Crippen LogP contribution in [0.15, 0.2) is 0 Å². The molecule has 0 aromatic rings. The van der Waals surface area contributed by atoms with E-state index < -0.39 is 0 Å². The van der Waals surface area contributed by atoms with Crippen LogP contribution >= 0.6 is 0 Å². The van der Waals surface area contributed by atoms with E-state index in [1.54, 1.807) is 0 Å². The summed E-state index contributed by atoms with van der Waals surface area (Å²) in [5.41, 5.74) is -0.0800. The highest BCUT2D eigenvalue weighted by atomic mass is 16.2. The van der Waals surface area contributed by atoms with Crippen molar-refractivity contribution in [2.45, 2.75) is 39.5 Å². The first kappa shape index (κ1) is 12.6. The van der Waals surface area contributed by atoms with Gasteiger partial charge >= 0.3 is 0 Å². The Morgan fingerprint density at radius 3 is 2.82 bits per heavy atom. The summed E-state index contributed by atoms with van der Waals surface area (Å²) in [6.45, 7) is 7.32. The fourth-order valence-electron chi connectivity index (χ4n) is 3.24. The molecular weight excluding hydrogens is 216 g/mol. The topological polar surface area (TPSA) is 49.4 Å². The Morgan fingerprint density at radius 1 is 1.35 bits per heavy atom. The maximum atomic E-state index is 11.8. The van der Waals surface area contributed by atoms with Crippen molar-refractivity contribution in [1.29, 1.82) is 0 Å². The predicted octanol–water partition coefficient (Wildman–Crippen LogP) is 1.16. The molecule has 2 heterocycles. The summed E-state index contributed by atoms with van der Waals surface area (Å²) in [6.07, 6.45) is 3.60. The molecule has 2 aliphatic heterocycles. The van der Waals surface area contributed by atoms with Crippen LogP contribution in [0, 0.1) is 11.3 Å². The summed E-state index contributed by atoms with van der Waals surface area (Å²) in [4.78, 5) is 25.8. The Morgan fingerprint density at radius 2 is 2.12 bits per heavy atom. The highest BCUT2D eigenvalue weighted by molar-refractivity contribution is 5.99. The molecule has 4 heteroatoms. The average molecular weight is 238 g/mol. The molecule has 2 atom stereocenters. The van der Waals surface area contributed by atoms with Crippen LogP contribution in [0.4, 0.5) is 0 Å². The van der Waals surface area contributed by atoms with E-state index in [0.29, 0.717) is 6.42 Å². The number of likely N-dealkylation sites (tertiary alicyclic amines) is 1. The fraction of sp³-hybridized carbons (Fsp3) is 0.846. The summed E-state index contributed by atoms with van der Waals surface area (Å²) in [5.74, 6) is -0.193. The van der Waals surface area contributed by atoms with Gasteiger partial charge in [0.15, 0.2) is 0 Å². The van der Waals surface area contributed by atoms with E-state index in [1.807, 2.05) is 6.92 Å². The van der Waals surface area contributed by atoms with E-state index in [9.17, 15) is 9.59 Å². The predicted molar refractivity (Wildman–Crippen MR) is 65.3 cm³/mol. The highest BCUT2D eigenvalue weighted by Crippen LogP contribution is 2.43. The zero-order chi connectivity index (χ0) is 12.5. The Balaban J connectivity index is 2.16. The van der Waals surface area contributed by atoms with Crippen molar-refractivity contribution in [3.8, 4) is 0 Å². The molecule has 2 unspecified atom stereocenters. The molecule has 0 bridgehead atoms. The van der Waals surface area contributed by atoms with E-state index in [4.69, 9.17) is 0 Å². The van der Waals surface area contributed by atoms with Crippen LogP contribution < -0.4 is 5.32 Å². The number of hydrogen-bond donors (Lipinski definition) is 1. The monoisotopic (exact) mass is 238 g/mol. The van der Waals surface area contributed by atoms with Gasteiger partial charge in [0, 0.05) is 12.3 Å². The van der Waals surface area contributed by atoms with Gasteiger partial charge in [-0.1, -0.05) is 13.8 Å². The van der Waals surface area contributed by atoms with Gasteiger partial charge in [-0.2, -0.15) is 0 Å². The van der Waals surface area contributed by atoms with Gasteiger partial charge < -0.3 is 4.90 Å². The number of nitrogens with one attached hydrogen (secondary N) is 1. The average Bonchev–Trinajstić information content (AvgIpc) is 2.49. The summed E-state index contributed by atoms with van der Waals surface area (Å²) in [7, 11) is 0. The number of carbonyl (C=O) groups excluding carboxylic acids is 2. The molecule has 0 aliphatic carbocycles. The first-order chi connectivity index (χ1) is 8.07. The van der Waals surface area contributed by atoms with Crippen molar-refractivity contribution < 1.29 is 9.59 Å². The van der Waals surface area contributed by atoms with Crippen molar-refractivity contribution in [2.24, 2.45) is 11.3 Å². The number of piperidine rings is 1. The molecule has 0 aromatic carbocycles. The minimum Gasteiger partial charge on any atom is -0.304 e. The molecule has 96 valence electrons. The molecule has 1 N–H and O–H groups in total. The number of rotatable bonds is 1.